The second-order valence-corrected chi connectivity index (χ2v) is 13.4. The molecular weight excluding hydrogens is 529 g/mol. The van der Waals surface area contributed by atoms with Crippen molar-refractivity contribution in [3.05, 3.63) is 107 Å². The van der Waals surface area contributed by atoms with Crippen molar-refractivity contribution in [1.82, 2.24) is 15.0 Å². The molecule has 4 aromatic heterocycles. The summed E-state index contributed by atoms with van der Waals surface area (Å²) in [6, 6.07) is 25.9. The fourth-order valence-electron chi connectivity index (χ4n) is 5.83. The Morgan fingerprint density at radius 2 is 1.55 bits per heavy atom. The Morgan fingerprint density at radius 1 is 0.800 bits per heavy atom. The van der Waals surface area contributed by atoms with Crippen molar-refractivity contribution in [3.8, 4) is 10.6 Å². The maximum atomic E-state index is 5.21. The first-order valence-electron chi connectivity index (χ1n) is 13.5. The third-order valence-corrected chi connectivity index (χ3v) is 10.9. The molecule has 0 fully saturated rings. The first-order chi connectivity index (χ1) is 19.6. The van der Waals surface area contributed by atoms with E-state index in [1.807, 2.05) is 35.4 Å². The molecule has 40 heavy (non-hydrogen) atoms. The molecular formula is C34H26N4S2. The van der Waals surface area contributed by atoms with Crippen molar-refractivity contribution in [3.63, 3.8) is 0 Å². The quantitative estimate of drug-likeness (QED) is 0.204. The highest BCUT2D eigenvalue weighted by molar-refractivity contribution is 8.09. The maximum absolute atomic E-state index is 5.21. The molecule has 6 aromatic rings. The van der Waals surface area contributed by atoms with E-state index in [2.05, 4.69) is 109 Å². The topological polar surface area (TPSA) is 41.9 Å². The van der Waals surface area contributed by atoms with Crippen LogP contribution in [0.1, 0.15) is 29.5 Å². The minimum absolute atomic E-state index is 0.0321. The number of aromatic nitrogens is 3. The van der Waals surface area contributed by atoms with Crippen LogP contribution in [0.15, 0.2) is 91.1 Å². The van der Waals surface area contributed by atoms with Crippen molar-refractivity contribution in [2.45, 2.75) is 18.1 Å². The zero-order valence-electron chi connectivity index (χ0n) is 22.3. The molecule has 0 aliphatic carbocycles. The van der Waals surface area contributed by atoms with Crippen LogP contribution in [0.5, 0.6) is 0 Å². The van der Waals surface area contributed by atoms with Gasteiger partial charge in [0, 0.05) is 45.7 Å². The van der Waals surface area contributed by atoms with Crippen molar-refractivity contribution >= 4 is 72.5 Å². The summed E-state index contributed by atoms with van der Waals surface area (Å²) in [6.07, 6.45) is 9.60. The van der Waals surface area contributed by atoms with E-state index in [1.54, 1.807) is 0 Å². The van der Waals surface area contributed by atoms with Gasteiger partial charge in [-0.25, -0.2) is 9.97 Å². The lowest BCUT2D eigenvalue weighted by molar-refractivity contribution is 0.735. The summed E-state index contributed by atoms with van der Waals surface area (Å²) >= 11 is 3.77. The molecule has 4 nitrogen and oxygen atoms in total. The van der Waals surface area contributed by atoms with Gasteiger partial charge in [-0.3, -0.25) is 4.98 Å². The number of thioether (sulfide) groups is 1. The van der Waals surface area contributed by atoms with Crippen LogP contribution in [-0.4, -0.2) is 28.5 Å². The smallest absolute Gasteiger partial charge is 0.0972 e. The molecule has 6 heterocycles. The molecule has 1 atom stereocenters. The number of thiophene rings is 1. The van der Waals surface area contributed by atoms with Gasteiger partial charge < -0.3 is 4.90 Å². The molecule has 194 valence electrons. The second kappa shape index (κ2) is 9.01. The van der Waals surface area contributed by atoms with Gasteiger partial charge in [0.05, 0.1) is 43.2 Å². The Balaban J connectivity index is 1.11. The van der Waals surface area contributed by atoms with E-state index < -0.39 is 0 Å². The summed E-state index contributed by atoms with van der Waals surface area (Å²) in [5.74, 6) is 0. The molecule has 0 N–H and O–H groups in total. The molecule has 2 aromatic carbocycles. The number of fused-ring (bicyclic) bond motifs is 6. The molecule has 2 aliphatic rings. The van der Waals surface area contributed by atoms with Crippen LogP contribution in [0.25, 0.3) is 54.3 Å². The van der Waals surface area contributed by atoms with Crippen LogP contribution < -0.4 is 4.90 Å². The molecule has 0 saturated carbocycles. The van der Waals surface area contributed by atoms with E-state index in [0.29, 0.717) is 0 Å². The fourth-order valence-corrected chi connectivity index (χ4v) is 8.32. The first kappa shape index (κ1) is 23.9. The molecule has 0 bridgehead atoms. The lowest BCUT2D eigenvalue weighted by Crippen LogP contribution is -2.20. The van der Waals surface area contributed by atoms with Gasteiger partial charge in [-0.05, 0) is 49.2 Å². The average molecular weight is 555 g/mol. The van der Waals surface area contributed by atoms with E-state index in [-0.39, 0.29) is 4.75 Å². The number of allylic oxidation sites excluding steroid dienone is 1. The molecule has 1 unspecified atom stereocenters. The minimum Gasteiger partial charge on any atom is -0.369 e. The summed E-state index contributed by atoms with van der Waals surface area (Å²) in [7, 11) is 2.15. The molecule has 0 spiro atoms. The third kappa shape index (κ3) is 3.78. The van der Waals surface area contributed by atoms with Crippen molar-refractivity contribution in [1.29, 1.82) is 0 Å². The second-order valence-electron chi connectivity index (χ2n) is 10.7. The van der Waals surface area contributed by atoms with Crippen LogP contribution in [0.2, 0.25) is 0 Å². The Hall–Kier alpha value is -4.00. The zero-order chi connectivity index (χ0) is 26.8. The molecule has 2 aliphatic heterocycles. The minimum atomic E-state index is -0.0321. The third-order valence-electron chi connectivity index (χ3n) is 8.00. The van der Waals surface area contributed by atoms with Crippen molar-refractivity contribution < 1.29 is 0 Å². The number of benzene rings is 2. The highest BCUT2D eigenvalue weighted by atomic mass is 32.2. The summed E-state index contributed by atoms with van der Waals surface area (Å²) in [5.41, 5.74) is 7.52. The monoisotopic (exact) mass is 554 g/mol. The Bertz CT molecular complexity index is 2040. The van der Waals surface area contributed by atoms with Gasteiger partial charge in [0.15, 0.2) is 0 Å². The fraction of sp³-hybridized carbons (Fsp3) is 0.147. The molecule has 8 rings (SSSR count). The number of nitrogens with zero attached hydrogens (tertiary/aromatic N) is 4. The maximum Gasteiger partial charge on any atom is 0.0972 e. The summed E-state index contributed by atoms with van der Waals surface area (Å²) in [6.45, 7) is 3.26. The van der Waals surface area contributed by atoms with Crippen LogP contribution in [0.4, 0.5) is 5.69 Å². The predicted octanol–water partition coefficient (Wildman–Crippen LogP) is 8.92. The first-order valence-corrected chi connectivity index (χ1v) is 15.2. The number of rotatable bonds is 3. The van der Waals surface area contributed by atoms with E-state index in [0.717, 1.165) is 51.7 Å². The standard InChI is InChI=1S/C34H26N4S2/c1-34(18-17-28(40-34)26-14-12-23-9-10-24-6-4-20-38(2)33(24)32(23)37-26)29-16-15-27(39-29)25-13-11-22-8-7-21-5-3-19-35-30(21)31(22)36-25/h3-17,19H,18,20H2,1-2H3. The number of pyridine rings is 3. The Morgan fingerprint density at radius 3 is 2.45 bits per heavy atom. The average Bonchev–Trinajstić information content (AvgIpc) is 3.65. The van der Waals surface area contributed by atoms with E-state index in [9.17, 15) is 0 Å². The molecule has 0 amide bonds. The number of likely N-dealkylation sites (N-methyl/N-ethyl adjacent to an activating group) is 1. The predicted molar refractivity (Wildman–Crippen MR) is 172 cm³/mol. The number of anilines is 1. The summed E-state index contributed by atoms with van der Waals surface area (Å²) < 4.78 is -0.0321. The molecule has 6 heteroatoms. The van der Waals surface area contributed by atoms with Crippen molar-refractivity contribution in [2.24, 2.45) is 0 Å². The van der Waals surface area contributed by atoms with E-state index in [4.69, 9.17) is 9.97 Å². The summed E-state index contributed by atoms with van der Waals surface area (Å²) in [4.78, 5) is 21.0. The van der Waals surface area contributed by atoms with Gasteiger partial charge in [-0.2, -0.15) is 0 Å². The number of hydrogen-bond acceptors (Lipinski definition) is 6. The van der Waals surface area contributed by atoms with E-state index >= 15 is 0 Å². The normalized spacial score (nSPS) is 18.6. The van der Waals surface area contributed by atoms with Crippen LogP contribution in [0, 0.1) is 0 Å². The largest absolute Gasteiger partial charge is 0.369 e. The van der Waals surface area contributed by atoms with Gasteiger partial charge in [0.1, 0.15) is 0 Å². The highest BCUT2D eigenvalue weighted by Crippen LogP contribution is 2.55. The zero-order valence-corrected chi connectivity index (χ0v) is 23.9. The van der Waals surface area contributed by atoms with Crippen molar-refractivity contribution in [2.75, 3.05) is 18.5 Å². The summed E-state index contributed by atoms with van der Waals surface area (Å²) in [5, 5.41) is 3.42. The highest BCUT2D eigenvalue weighted by Gasteiger charge is 2.35. The van der Waals surface area contributed by atoms with Gasteiger partial charge >= 0.3 is 0 Å². The lowest BCUT2D eigenvalue weighted by Gasteiger charge is -2.25. The van der Waals surface area contributed by atoms with Crippen LogP contribution in [-0.2, 0) is 4.75 Å². The van der Waals surface area contributed by atoms with Crippen LogP contribution >= 0.6 is 23.1 Å². The lowest BCUT2D eigenvalue weighted by atomic mass is 10.0. The Kier molecular flexibility index (Phi) is 5.37. The van der Waals surface area contributed by atoms with Gasteiger partial charge in [-0.1, -0.05) is 60.7 Å². The Labute approximate surface area is 241 Å². The SMILES string of the molecule is CN1CC=Cc2ccc3ccc(C4=CCC(C)(c5ccc(-c6ccc7ccc8cccnc8c7n6)s5)S4)nc3c21. The van der Waals surface area contributed by atoms with Crippen LogP contribution in [0.3, 0.4) is 0 Å². The van der Waals surface area contributed by atoms with Gasteiger partial charge in [-0.15, -0.1) is 23.1 Å². The van der Waals surface area contributed by atoms with Gasteiger partial charge in [0.2, 0.25) is 0 Å². The molecule has 0 radical (unpaired) electrons. The van der Waals surface area contributed by atoms with Gasteiger partial charge in [0.25, 0.3) is 0 Å². The number of hydrogen-bond donors (Lipinski definition) is 0. The van der Waals surface area contributed by atoms with E-state index in [1.165, 1.54) is 31.3 Å². The molecule has 0 saturated heterocycles.